The van der Waals surface area contributed by atoms with Crippen LogP contribution in [0.4, 0.5) is 0 Å². The van der Waals surface area contributed by atoms with Crippen molar-refractivity contribution in [3.05, 3.63) is 0 Å². The van der Waals surface area contributed by atoms with E-state index in [4.69, 9.17) is 5.11 Å². The third-order valence-electron chi connectivity index (χ3n) is 0.214. The van der Waals surface area contributed by atoms with Gasteiger partial charge < -0.3 is 0 Å². The van der Waals surface area contributed by atoms with Crippen LogP contribution >= 0.6 is 0 Å². The molecule has 0 radical (unpaired) electrons. The normalized spacial score (nSPS) is 7.60. The number of carboxylic acids is 1. The first-order valence-electron chi connectivity index (χ1n) is 1.28. The fourth-order valence-corrected chi connectivity index (χ4v) is 0. The molecule has 0 aliphatic rings. The molecular formula is C2H3CdO2. The zero-order valence-electron chi connectivity index (χ0n) is 2.77. The molecular weight excluding hydrogens is 168 g/mol. The Morgan fingerprint density at radius 2 is 2.20 bits per heavy atom. The maximum absolute atomic E-state index is 9.41. The van der Waals surface area contributed by atoms with E-state index in [1.807, 2.05) is 0 Å². The van der Waals surface area contributed by atoms with Gasteiger partial charge in [-0.05, 0) is 0 Å². The minimum absolute atomic E-state index is 0.392. The Labute approximate surface area is 45.9 Å². The summed E-state index contributed by atoms with van der Waals surface area (Å²) in [5.41, 5.74) is 0. The van der Waals surface area contributed by atoms with Gasteiger partial charge in [0.05, 0.1) is 0 Å². The Balaban J connectivity index is 2.85. The summed E-state index contributed by atoms with van der Waals surface area (Å²) in [6.45, 7) is 0. The van der Waals surface area contributed by atoms with Crippen LogP contribution in [0, 0.1) is 0 Å². The third kappa shape index (κ3) is 4.39. The van der Waals surface area contributed by atoms with Gasteiger partial charge in [-0.3, -0.25) is 0 Å². The first kappa shape index (κ1) is 5.39. The van der Waals surface area contributed by atoms with Crippen molar-refractivity contribution in [2.24, 2.45) is 0 Å². The number of rotatable bonds is 1. The second-order valence-electron chi connectivity index (χ2n) is 0.644. The zero-order valence-corrected chi connectivity index (χ0v) is 6.81. The van der Waals surface area contributed by atoms with Gasteiger partial charge >= 0.3 is 45.6 Å². The molecule has 0 bridgehead atoms. The van der Waals surface area contributed by atoms with Crippen molar-refractivity contribution in [2.75, 3.05) is 0 Å². The van der Waals surface area contributed by atoms with Crippen molar-refractivity contribution in [3.63, 3.8) is 0 Å². The molecule has 0 saturated carbocycles. The molecule has 1 N–H and O–H groups in total. The summed E-state index contributed by atoms with van der Waals surface area (Å²) in [7, 11) is 0. The quantitative estimate of drug-likeness (QED) is 0.566. The van der Waals surface area contributed by atoms with Crippen molar-refractivity contribution in [2.45, 2.75) is 3.98 Å². The van der Waals surface area contributed by atoms with Crippen molar-refractivity contribution < 1.29 is 35.7 Å². The van der Waals surface area contributed by atoms with Crippen LogP contribution in [0.3, 0.4) is 0 Å². The van der Waals surface area contributed by atoms with E-state index in [2.05, 4.69) is 0 Å². The van der Waals surface area contributed by atoms with E-state index >= 15 is 0 Å². The standard InChI is InChI=1S/C2H3O2.Cd/c1-2(3)4;/h1H2,(H,3,4);. The number of carboxylic acid groups (broad SMARTS) is 1. The summed E-state index contributed by atoms with van der Waals surface area (Å²) in [6.07, 6.45) is 0. The topological polar surface area (TPSA) is 37.3 Å². The SMILES string of the molecule is O=C(O)[CH2][Cd]. The fraction of sp³-hybridized carbons (Fsp3) is 0.500. The molecule has 0 aromatic heterocycles. The van der Waals surface area contributed by atoms with E-state index in [-0.39, 0.29) is 0 Å². The average Bonchev–Trinajstić information content (AvgIpc) is 1.38. The van der Waals surface area contributed by atoms with Crippen LogP contribution in [-0.4, -0.2) is 11.1 Å². The van der Waals surface area contributed by atoms with Crippen molar-refractivity contribution in [1.82, 2.24) is 0 Å². The molecule has 0 rings (SSSR count). The molecule has 25 valence electrons. The molecule has 3 heteroatoms. The molecule has 5 heavy (non-hydrogen) atoms. The van der Waals surface area contributed by atoms with Crippen LogP contribution in [-0.2, 0) is 30.6 Å². The number of aliphatic carboxylic acids is 1. The van der Waals surface area contributed by atoms with Crippen LogP contribution < -0.4 is 0 Å². The summed E-state index contributed by atoms with van der Waals surface area (Å²) in [5.74, 6) is -0.670. The Kier molecular flexibility index (Phi) is 2.83. The minimum atomic E-state index is -0.670. The predicted molar refractivity (Wildman–Crippen MR) is 12.4 cm³/mol. The van der Waals surface area contributed by atoms with Gasteiger partial charge in [0, 0.05) is 0 Å². The van der Waals surface area contributed by atoms with E-state index in [0.29, 0.717) is 29.7 Å². The Morgan fingerprint density at radius 1 is 2.00 bits per heavy atom. The van der Waals surface area contributed by atoms with Crippen molar-refractivity contribution >= 4 is 5.97 Å². The molecule has 0 aliphatic heterocycles. The van der Waals surface area contributed by atoms with Gasteiger partial charge in [-0.1, -0.05) is 0 Å². The van der Waals surface area contributed by atoms with E-state index in [1.54, 1.807) is 0 Å². The third-order valence-corrected chi connectivity index (χ3v) is 1.43. The van der Waals surface area contributed by atoms with Gasteiger partial charge in [-0.2, -0.15) is 0 Å². The summed E-state index contributed by atoms with van der Waals surface area (Å²) < 4.78 is 0.392. The first-order chi connectivity index (χ1) is 2.27. The fourth-order valence-electron chi connectivity index (χ4n) is 0. The summed E-state index contributed by atoms with van der Waals surface area (Å²) in [4.78, 5) is 9.41. The summed E-state index contributed by atoms with van der Waals surface area (Å²) in [6, 6.07) is 0. The Bertz CT molecular complexity index is 42.9. The monoisotopic (exact) mass is 173 g/mol. The van der Waals surface area contributed by atoms with Crippen molar-refractivity contribution in [1.29, 1.82) is 0 Å². The van der Waals surface area contributed by atoms with Gasteiger partial charge in [0.1, 0.15) is 0 Å². The van der Waals surface area contributed by atoms with Crippen LogP contribution in [0.2, 0.25) is 3.98 Å². The van der Waals surface area contributed by atoms with Crippen LogP contribution in [0.1, 0.15) is 0 Å². The zero-order chi connectivity index (χ0) is 4.28. The molecule has 2 nitrogen and oxygen atoms in total. The summed E-state index contributed by atoms with van der Waals surface area (Å²) in [5, 5.41) is 7.76. The maximum atomic E-state index is 9.41. The first-order valence-corrected chi connectivity index (χ1v) is 4.14. The average molecular weight is 171 g/mol. The van der Waals surface area contributed by atoms with Crippen LogP contribution in [0.25, 0.3) is 0 Å². The van der Waals surface area contributed by atoms with Gasteiger partial charge in [0.2, 0.25) is 0 Å². The molecule has 0 aromatic carbocycles. The molecule has 0 unspecified atom stereocenters. The van der Waals surface area contributed by atoms with Gasteiger partial charge in [0.15, 0.2) is 0 Å². The second-order valence-corrected chi connectivity index (χ2v) is 2.07. The van der Waals surface area contributed by atoms with E-state index < -0.39 is 5.97 Å². The Morgan fingerprint density at radius 3 is 2.20 bits per heavy atom. The number of hydrogen-bond acceptors (Lipinski definition) is 1. The molecule has 0 aromatic rings. The van der Waals surface area contributed by atoms with E-state index in [0.717, 1.165) is 0 Å². The molecule has 0 fully saturated rings. The van der Waals surface area contributed by atoms with E-state index in [1.165, 1.54) is 0 Å². The number of hydrogen-bond donors (Lipinski definition) is 1. The summed E-state index contributed by atoms with van der Waals surface area (Å²) >= 11 is 0.589. The molecule has 0 heterocycles. The molecule has 0 spiro atoms. The van der Waals surface area contributed by atoms with Gasteiger partial charge in [-0.25, -0.2) is 0 Å². The molecule has 0 amide bonds. The van der Waals surface area contributed by atoms with Crippen LogP contribution in [0.5, 0.6) is 0 Å². The molecule has 0 atom stereocenters. The van der Waals surface area contributed by atoms with Crippen molar-refractivity contribution in [3.8, 4) is 0 Å². The molecule has 0 aliphatic carbocycles. The van der Waals surface area contributed by atoms with E-state index in [9.17, 15) is 4.79 Å². The van der Waals surface area contributed by atoms with Gasteiger partial charge in [0.25, 0.3) is 0 Å². The Hall–Kier alpha value is 0.392. The predicted octanol–water partition coefficient (Wildman–Crippen LogP) is 0.0361. The second kappa shape index (κ2) is 2.62. The molecule has 0 saturated heterocycles. The number of carbonyl (C=O) groups is 1. The van der Waals surface area contributed by atoms with Crippen LogP contribution in [0.15, 0.2) is 0 Å². The van der Waals surface area contributed by atoms with Gasteiger partial charge in [-0.15, -0.1) is 0 Å².